The summed E-state index contributed by atoms with van der Waals surface area (Å²) < 4.78 is 1.66. The van der Waals surface area contributed by atoms with Crippen molar-refractivity contribution in [1.29, 1.82) is 5.26 Å². The van der Waals surface area contributed by atoms with Crippen molar-refractivity contribution in [3.8, 4) is 22.9 Å². The molecule has 216 valence electrons. The lowest BCUT2D eigenvalue weighted by atomic mass is 9.97. The van der Waals surface area contributed by atoms with E-state index < -0.39 is 5.56 Å². The highest BCUT2D eigenvalue weighted by Crippen LogP contribution is 2.41. The molecular formula is C34H31ClN6O2. The van der Waals surface area contributed by atoms with Crippen LogP contribution in [0.3, 0.4) is 0 Å². The van der Waals surface area contributed by atoms with Gasteiger partial charge in [0.1, 0.15) is 17.3 Å². The molecular weight excluding hydrogens is 560 g/mol. The van der Waals surface area contributed by atoms with Crippen LogP contribution in [0.15, 0.2) is 78.4 Å². The summed E-state index contributed by atoms with van der Waals surface area (Å²) in [6.45, 7) is 11.1. The molecule has 1 N–H and O–H groups in total. The molecule has 0 spiro atoms. The number of fused-ring (bicyclic) bond motifs is 2. The van der Waals surface area contributed by atoms with Crippen LogP contribution in [0.5, 0.6) is 0 Å². The van der Waals surface area contributed by atoms with Gasteiger partial charge in [-0.1, -0.05) is 50.2 Å². The Bertz CT molecular complexity index is 2020. The standard InChI is InChI=1S/C34H31ClN6O2/c1-5-31(42)39-14-15-40(21(4)19-39)32-26-16-28(35)25(23-10-12-37-33-24(23)11-13-38-33)17-30(26)41(34(43)27(32)18-36)29-9-7-6-8-22(29)20(2)3/h5-13,16-17,20-21H,1,14-15,19H2,2-4H3,(H,37,38)/t21-/m0/s1. The lowest BCUT2D eigenvalue weighted by molar-refractivity contribution is -0.126. The van der Waals surface area contributed by atoms with Crippen LogP contribution in [0.4, 0.5) is 5.69 Å². The van der Waals surface area contributed by atoms with E-state index in [1.54, 1.807) is 15.7 Å². The molecule has 9 heteroatoms. The third-order valence-electron chi connectivity index (χ3n) is 8.30. The van der Waals surface area contributed by atoms with Gasteiger partial charge in [0.2, 0.25) is 5.91 Å². The minimum absolute atomic E-state index is 0.0437. The average Bonchev–Trinajstić information content (AvgIpc) is 3.50. The fourth-order valence-electron chi connectivity index (χ4n) is 6.23. The van der Waals surface area contributed by atoms with Crippen LogP contribution in [0, 0.1) is 11.3 Å². The quantitative estimate of drug-likeness (QED) is 0.239. The number of H-pyrrole nitrogens is 1. The van der Waals surface area contributed by atoms with E-state index in [1.807, 2.05) is 61.7 Å². The first kappa shape index (κ1) is 28.3. The summed E-state index contributed by atoms with van der Waals surface area (Å²) in [5.74, 6) is -0.0102. The zero-order valence-electron chi connectivity index (χ0n) is 24.3. The molecule has 0 aliphatic carbocycles. The number of halogens is 1. The molecule has 8 nitrogen and oxygen atoms in total. The van der Waals surface area contributed by atoms with Crippen molar-refractivity contribution in [2.45, 2.75) is 32.7 Å². The minimum Gasteiger partial charge on any atom is -0.363 e. The number of nitrogens with one attached hydrogen (secondary N) is 1. The van der Waals surface area contributed by atoms with Gasteiger partial charge in [0.25, 0.3) is 5.56 Å². The number of benzene rings is 2. The van der Waals surface area contributed by atoms with Crippen LogP contribution >= 0.6 is 11.6 Å². The Kier molecular flexibility index (Phi) is 7.28. The number of piperazine rings is 1. The minimum atomic E-state index is -0.398. The van der Waals surface area contributed by atoms with E-state index in [4.69, 9.17) is 11.6 Å². The fourth-order valence-corrected chi connectivity index (χ4v) is 6.50. The highest BCUT2D eigenvalue weighted by molar-refractivity contribution is 6.35. The Hall–Kier alpha value is -4.87. The van der Waals surface area contributed by atoms with Crippen LogP contribution in [0.25, 0.3) is 38.8 Å². The number of nitrogens with zero attached hydrogens (tertiary/aromatic N) is 5. The number of carbonyl (C=O) groups excluding carboxylic acids is 1. The number of hydrogen-bond donors (Lipinski definition) is 1. The van der Waals surface area contributed by atoms with Crippen LogP contribution in [0.2, 0.25) is 5.02 Å². The van der Waals surface area contributed by atoms with E-state index in [9.17, 15) is 14.9 Å². The maximum absolute atomic E-state index is 14.5. The number of pyridine rings is 2. The SMILES string of the molecule is C=CC(=O)N1CCN(c2c(C#N)c(=O)n(-c3ccccc3C(C)C)c3cc(-c4ccnc5[nH]ccc45)c(Cl)cc23)[C@@H](C)C1. The molecule has 1 saturated heterocycles. The molecule has 6 rings (SSSR count). The van der Waals surface area contributed by atoms with E-state index in [0.717, 1.165) is 33.4 Å². The van der Waals surface area contributed by atoms with Gasteiger partial charge >= 0.3 is 0 Å². The summed E-state index contributed by atoms with van der Waals surface area (Å²) in [6, 6.07) is 17.5. The summed E-state index contributed by atoms with van der Waals surface area (Å²) in [5.41, 5.74) is 4.90. The van der Waals surface area contributed by atoms with Gasteiger partial charge in [0.15, 0.2) is 0 Å². The van der Waals surface area contributed by atoms with E-state index in [2.05, 4.69) is 41.4 Å². The number of aromatic nitrogens is 3. The molecule has 0 radical (unpaired) electrons. The Balaban J connectivity index is 1.69. The molecule has 4 heterocycles. The molecule has 0 saturated carbocycles. The topological polar surface area (TPSA) is 98.0 Å². The molecule has 0 bridgehead atoms. The number of amides is 1. The van der Waals surface area contributed by atoms with E-state index in [0.29, 0.717) is 41.2 Å². The second-order valence-electron chi connectivity index (χ2n) is 11.2. The van der Waals surface area contributed by atoms with Crippen molar-refractivity contribution in [2.24, 2.45) is 0 Å². The van der Waals surface area contributed by atoms with Gasteiger partial charge in [-0.15, -0.1) is 0 Å². The normalized spacial score (nSPS) is 15.3. The van der Waals surface area contributed by atoms with Crippen molar-refractivity contribution in [3.63, 3.8) is 0 Å². The summed E-state index contributed by atoms with van der Waals surface area (Å²) in [6.07, 6.45) is 4.87. The largest absolute Gasteiger partial charge is 0.363 e. The molecule has 5 aromatic rings. The zero-order chi connectivity index (χ0) is 30.4. The first-order valence-electron chi connectivity index (χ1n) is 14.3. The summed E-state index contributed by atoms with van der Waals surface area (Å²) in [7, 11) is 0. The number of hydrogen-bond acceptors (Lipinski definition) is 5. The molecule has 1 aliphatic heterocycles. The van der Waals surface area contributed by atoms with Gasteiger partial charge in [-0.3, -0.25) is 14.2 Å². The van der Waals surface area contributed by atoms with Crippen molar-refractivity contribution in [1.82, 2.24) is 19.4 Å². The van der Waals surface area contributed by atoms with E-state index >= 15 is 0 Å². The third kappa shape index (κ3) is 4.66. The zero-order valence-corrected chi connectivity index (χ0v) is 25.0. The second-order valence-corrected chi connectivity index (χ2v) is 11.6. The number of para-hydroxylation sites is 1. The summed E-state index contributed by atoms with van der Waals surface area (Å²) in [4.78, 5) is 38.2. The molecule has 43 heavy (non-hydrogen) atoms. The highest BCUT2D eigenvalue weighted by Gasteiger charge is 2.31. The van der Waals surface area contributed by atoms with Crippen molar-refractivity contribution in [3.05, 3.63) is 100 Å². The highest BCUT2D eigenvalue weighted by atomic mass is 35.5. The van der Waals surface area contributed by atoms with Gasteiger partial charge in [-0.05, 0) is 60.4 Å². The van der Waals surface area contributed by atoms with Crippen LogP contribution in [-0.2, 0) is 4.79 Å². The Morgan fingerprint density at radius 2 is 1.95 bits per heavy atom. The number of anilines is 1. The number of rotatable bonds is 5. The lowest BCUT2D eigenvalue weighted by Gasteiger charge is -2.41. The van der Waals surface area contributed by atoms with Crippen LogP contribution < -0.4 is 10.5 Å². The van der Waals surface area contributed by atoms with Crippen LogP contribution in [0.1, 0.15) is 37.8 Å². The lowest BCUT2D eigenvalue weighted by Crippen LogP contribution is -2.54. The maximum atomic E-state index is 14.5. The predicted octanol–water partition coefficient (Wildman–Crippen LogP) is 6.41. The molecule has 0 unspecified atom stereocenters. The van der Waals surface area contributed by atoms with Gasteiger partial charge in [0, 0.05) is 59.4 Å². The smallest absolute Gasteiger partial charge is 0.275 e. The second kappa shape index (κ2) is 11.1. The van der Waals surface area contributed by atoms with E-state index in [1.165, 1.54) is 6.08 Å². The number of carbonyl (C=O) groups is 1. The number of aromatic amines is 1. The monoisotopic (exact) mass is 590 g/mol. The molecule has 1 atom stereocenters. The van der Waals surface area contributed by atoms with Crippen molar-refractivity contribution in [2.75, 3.05) is 24.5 Å². The first-order chi connectivity index (χ1) is 20.7. The average molecular weight is 591 g/mol. The molecule has 2 aromatic carbocycles. The first-order valence-corrected chi connectivity index (χ1v) is 14.6. The van der Waals surface area contributed by atoms with Crippen LogP contribution in [-0.4, -0.2) is 51.0 Å². The predicted molar refractivity (Wildman–Crippen MR) is 172 cm³/mol. The van der Waals surface area contributed by atoms with Gasteiger partial charge in [-0.25, -0.2) is 4.98 Å². The van der Waals surface area contributed by atoms with Gasteiger partial charge < -0.3 is 14.8 Å². The molecule has 1 aliphatic rings. The maximum Gasteiger partial charge on any atom is 0.275 e. The molecule has 1 amide bonds. The van der Waals surface area contributed by atoms with Crippen molar-refractivity contribution >= 4 is 45.1 Å². The van der Waals surface area contributed by atoms with Crippen molar-refractivity contribution < 1.29 is 4.79 Å². The van der Waals surface area contributed by atoms with Gasteiger partial charge in [-0.2, -0.15) is 5.26 Å². The summed E-state index contributed by atoms with van der Waals surface area (Å²) in [5, 5.41) is 12.6. The molecule has 3 aromatic heterocycles. The Morgan fingerprint density at radius 1 is 1.16 bits per heavy atom. The third-order valence-corrected chi connectivity index (χ3v) is 8.61. The molecule has 1 fully saturated rings. The Labute approximate surface area is 254 Å². The fraction of sp³-hybridized carbons (Fsp3) is 0.235. The number of nitriles is 1. The summed E-state index contributed by atoms with van der Waals surface area (Å²) >= 11 is 7.07. The van der Waals surface area contributed by atoms with Gasteiger partial charge in [0.05, 0.1) is 16.9 Å². The van der Waals surface area contributed by atoms with E-state index in [-0.39, 0.29) is 23.4 Å². The Morgan fingerprint density at radius 3 is 2.67 bits per heavy atom.